The Bertz CT molecular complexity index is 1480. The van der Waals surface area contributed by atoms with Crippen LogP contribution in [0.3, 0.4) is 0 Å². The fourth-order valence-corrected chi connectivity index (χ4v) is 5.10. The number of fused-ring (bicyclic) bond motifs is 1. The lowest BCUT2D eigenvalue weighted by Crippen LogP contribution is -2.40. The maximum absolute atomic E-state index is 13.8. The van der Waals surface area contributed by atoms with E-state index >= 15 is 0 Å². The highest BCUT2D eigenvalue weighted by Crippen LogP contribution is 2.37. The van der Waals surface area contributed by atoms with Gasteiger partial charge in [-0.2, -0.15) is 0 Å². The largest absolute Gasteiger partial charge is 0.497 e. The van der Waals surface area contributed by atoms with Gasteiger partial charge in [0.25, 0.3) is 5.56 Å². The van der Waals surface area contributed by atoms with Gasteiger partial charge >= 0.3 is 5.97 Å². The van der Waals surface area contributed by atoms with Gasteiger partial charge in [-0.3, -0.25) is 9.36 Å². The second-order valence-electron chi connectivity index (χ2n) is 7.65. The number of hydrogen-bond acceptors (Lipinski definition) is 8. The van der Waals surface area contributed by atoms with Crippen LogP contribution < -0.4 is 29.1 Å². The highest BCUT2D eigenvalue weighted by atomic mass is 32.1. The van der Waals surface area contributed by atoms with Gasteiger partial charge in [0.05, 0.1) is 43.7 Å². The number of allylic oxidation sites excluding steroid dienone is 1. The summed E-state index contributed by atoms with van der Waals surface area (Å²) in [4.78, 5) is 32.0. The molecule has 0 spiro atoms. The highest BCUT2D eigenvalue weighted by molar-refractivity contribution is 7.07. The monoisotopic (exact) mass is 494 g/mol. The molecule has 2 aromatic carbocycles. The third kappa shape index (κ3) is 4.46. The maximum atomic E-state index is 13.8. The molecule has 3 aromatic rings. The van der Waals surface area contributed by atoms with Gasteiger partial charge in [0, 0.05) is 11.1 Å². The number of nitrogens with zero attached hydrogens (tertiary/aromatic N) is 2. The van der Waals surface area contributed by atoms with Crippen LogP contribution in [0.25, 0.3) is 6.08 Å². The van der Waals surface area contributed by atoms with Crippen LogP contribution in [0, 0.1) is 0 Å². The molecule has 9 heteroatoms. The van der Waals surface area contributed by atoms with Crippen LogP contribution in [-0.2, 0) is 9.53 Å². The molecule has 182 valence electrons. The van der Waals surface area contributed by atoms with Gasteiger partial charge in [-0.05, 0) is 44.2 Å². The minimum Gasteiger partial charge on any atom is -0.497 e. The molecule has 1 aliphatic heterocycles. The fourth-order valence-electron chi connectivity index (χ4n) is 4.07. The number of hydrogen-bond donors (Lipinski definition) is 0. The summed E-state index contributed by atoms with van der Waals surface area (Å²) in [7, 11) is 4.67. The summed E-state index contributed by atoms with van der Waals surface area (Å²) < 4.78 is 23.8. The van der Waals surface area contributed by atoms with E-state index in [1.807, 2.05) is 24.3 Å². The SMILES string of the molecule is CCOC(=O)C1=C(C)N=c2sc(=Cc3ccccc3OC)c(=O)n2C1c1cc(OC)ccc1OC. The number of benzene rings is 2. The molecule has 1 unspecified atom stereocenters. The summed E-state index contributed by atoms with van der Waals surface area (Å²) in [6, 6.07) is 11.9. The first-order chi connectivity index (χ1) is 16.9. The normalized spacial score (nSPS) is 15.3. The van der Waals surface area contributed by atoms with Gasteiger partial charge in [0.15, 0.2) is 4.80 Å². The molecule has 1 aromatic heterocycles. The summed E-state index contributed by atoms with van der Waals surface area (Å²) in [5.74, 6) is 1.18. The number of carbonyl (C=O) groups excluding carboxylic acids is 1. The fraction of sp³-hybridized carbons (Fsp3) is 0.269. The van der Waals surface area contributed by atoms with Crippen molar-refractivity contribution in [3.05, 3.63) is 84.5 Å². The number of ether oxygens (including phenoxy) is 4. The first-order valence-electron chi connectivity index (χ1n) is 11.0. The number of thiazole rings is 1. The summed E-state index contributed by atoms with van der Waals surface area (Å²) in [6.45, 7) is 3.66. The molecule has 0 aliphatic carbocycles. The first kappa shape index (κ1) is 24.3. The lowest BCUT2D eigenvalue weighted by Gasteiger charge is -2.26. The predicted octanol–water partition coefficient (Wildman–Crippen LogP) is 2.82. The molecule has 1 atom stereocenters. The molecule has 0 saturated heterocycles. The van der Waals surface area contributed by atoms with Gasteiger partial charge in [0.1, 0.15) is 23.3 Å². The molecule has 0 amide bonds. The van der Waals surface area contributed by atoms with Crippen molar-refractivity contribution in [2.75, 3.05) is 27.9 Å². The van der Waals surface area contributed by atoms with E-state index in [0.29, 0.717) is 37.8 Å². The number of aromatic nitrogens is 1. The van der Waals surface area contributed by atoms with Crippen LogP contribution in [0.1, 0.15) is 31.0 Å². The number of rotatable bonds is 7. The van der Waals surface area contributed by atoms with Gasteiger partial charge in [0.2, 0.25) is 0 Å². The minimum atomic E-state index is -0.810. The van der Waals surface area contributed by atoms with Crippen molar-refractivity contribution in [3.63, 3.8) is 0 Å². The zero-order chi connectivity index (χ0) is 25.1. The lowest BCUT2D eigenvalue weighted by molar-refractivity contribution is -0.139. The average Bonchev–Trinajstić information content (AvgIpc) is 3.17. The van der Waals surface area contributed by atoms with Crippen molar-refractivity contribution in [1.82, 2.24) is 4.57 Å². The maximum Gasteiger partial charge on any atom is 0.338 e. The smallest absolute Gasteiger partial charge is 0.338 e. The first-order valence-corrected chi connectivity index (χ1v) is 11.8. The highest BCUT2D eigenvalue weighted by Gasteiger charge is 2.35. The standard InChI is InChI=1S/C26H26N2O6S/c1-6-34-25(30)22-15(2)27-26-28(23(22)18-14-17(31-3)11-12-20(18)33-5)24(29)21(35-26)13-16-9-7-8-10-19(16)32-4/h7-14,23H,6H2,1-5H3. The summed E-state index contributed by atoms with van der Waals surface area (Å²) in [5.41, 5.74) is 1.81. The average molecular weight is 495 g/mol. The molecule has 0 fully saturated rings. The zero-order valence-electron chi connectivity index (χ0n) is 20.2. The van der Waals surface area contributed by atoms with Crippen molar-refractivity contribution in [1.29, 1.82) is 0 Å². The van der Waals surface area contributed by atoms with Crippen LogP contribution in [0.4, 0.5) is 0 Å². The molecular weight excluding hydrogens is 468 g/mol. The topological polar surface area (TPSA) is 88.4 Å². The molecule has 35 heavy (non-hydrogen) atoms. The molecule has 0 N–H and O–H groups in total. The minimum absolute atomic E-state index is 0.190. The number of esters is 1. The number of para-hydroxylation sites is 1. The van der Waals surface area contributed by atoms with Gasteiger partial charge in [-0.1, -0.05) is 29.5 Å². The molecule has 2 heterocycles. The van der Waals surface area contributed by atoms with E-state index in [2.05, 4.69) is 4.99 Å². The Balaban J connectivity index is 2.03. The third-order valence-corrected chi connectivity index (χ3v) is 6.66. The van der Waals surface area contributed by atoms with Crippen molar-refractivity contribution in [3.8, 4) is 17.2 Å². The lowest BCUT2D eigenvalue weighted by atomic mass is 9.94. The quantitative estimate of drug-likeness (QED) is 0.470. The van der Waals surface area contributed by atoms with E-state index in [9.17, 15) is 9.59 Å². The molecule has 0 bridgehead atoms. The van der Waals surface area contributed by atoms with Crippen LogP contribution in [-0.4, -0.2) is 38.5 Å². The Kier molecular flexibility index (Phi) is 7.07. The van der Waals surface area contributed by atoms with Crippen LogP contribution >= 0.6 is 11.3 Å². The van der Waals surface area contributed by atoms with E-state index in [4.69, 9.17) is 18.9 Å². The van der Waals surface area contributed by atoms with E-state index in [1.54, 1.807) is 52.3 Å². The van der Waals surface area contributed by atoms with E-state index in [1.165, 1.54) is 23.0 Å². The van der Waals surface area contributed by atoms with Crippen molar-refractivity contribution in [2.24, 2.45) is 4.99 Å². The van der Waals surface area contributed by atoms with Crippen LogP contribution in [0.15, 0.2) is 63.5 Å². The number of methoxy groups -OCH3 is 3. The van der Waals surface area contributed by atoms with E-state index < -0.39 is 12.0 Å². The summed E-state index contributed by atoms with van der Waals surface area (Å²) >= 11 is 1.24. The Hall–Kier alpha value is -3.85. The second-order valence-corrected chi connectivity index (χ2v) is 8.66. The molecule has 0 saturated carbocycles. The Morgan fingerprint density at radius 3 is 2.51 bits per heavy atom. The van der Waals surface area contributed by atoms with Crippen LogP contribution in [0.5, 0.6) is 17.2 Å². The van der Waals surface area contributed by atoms with Crippen molar-refractivity contribution < 1.29 is 23.7 Å². The molecular formula is C26H26N2O6S. The molecule has 0 radical (unpaired) electrons. The van der Waals surface area contributed by atoms with E-state index in [-0.39, 0.29) is 17.7 Å². The Morgan fingerprint density at radius 1 is 1.09 bits per heavy atom. The Morgan fingerprint density at radius 2 is 1.83 bits per heavy atom. The van der Waals surface area contributed by atoms with E-state index in [0.717, 1.165) is 5.56 Å². The van der Waals surface area contributed by atoms with Gasteiger partial charge in [-0.15, -0.1) is 0 Å². The second kappa shape index (κ2) is 10.2. The Labute approximate surface area is 206 Å². The van der Waals surface area contributed by atoms with Crippen molar-refractivity contribution in [2.45, 2.75) is 19.9 Å². The molecule has 1 aliphatic rings. The van der Waals surface area contributed by atoms with Gasteiger partial charge in [-0.25, -0.2) is 9.79 Å². The molecule has 4 rings (SSSR count). The zero-order valence-corrected chi connectivity index (χ0v) is 21.0. The van der Waals surface area contributed by atoms with Gasteiger partial charge < -0.3 is 18.9 Å². The third-order valence-electron chi connectivity index (χ3n) is 5.67. The predicted molar refractivity (Wildman–Crippen MR) is 133 cm³/mol. The summed E-state index contributed by atoms with van der Waals surface area (Å²) in [5, 5.41) is 0. The summed E-state index contributed by atoms with van der Waals surface area (Å²) in [6.07, 6.45) is 1.77. The number of carbonyl (C=O) groups is 1. The van der Waals surface area contributed by atoms with Crippen molar-refractivity contribution >= 4 is 23.4 Å². The molecule has 8 nitrogen and oxygen atoms in total. The van der Waals surface area contributed by atoms with Crippen LogP contribution in [0.2, 0.25) is 0 Å².